The van der Waals surface area contributed by atoms with Crippen LogP contribution in [0.15, 0.2) is 24.3 Å². The van der Waals surface area contributed by atoms with Crippen LogP contribution in [0.25, 0.3) is 0 Å². The molecule has 1 aromatic carbocycles. The first-order chi connectivity index (χ1) is 12.4. The number of carbonyl (C=O) groups is 2. The lowest BCUT2D eigenvalue weighted by Crippen LogP contribution is -2.35. The van der Waals surface area contributed by atoms with E-state index in [9.17, 15) is 4.79 Å². The average Bonchev–Trinajstić information content (AvgIpc) is 2.65. The molecule has 0 saturated heterocycles. The lowest BCUT2D eigenvalue weighted by atomic mass is 10.1. The highest BCUT2D eigenvalue weighted by atomic mass is 16.5. The van der Waals surface area contributed by atoms with Crippen LogP contribution in [0.3, 0.4) is 0 Å². The molecule has 8 heteroatoms. The van der Waals surface area contributed by atoms with Gasteiger partial charge in [-0.05, 0) is 31.2 Å². The molecular weight excluding hydrogens is 340 g/mol. The number of aldehydes is 1. The number of aliphatic hydroxyl groups is 2. The summed E-state index contributed by atoms with van der Waals surface area (Å²) in [6.45, 7) is 4.06. The third kappa shape index (κ3) is 14.4. The zero-order valence-electron chi connectivity index (χ0n) is 15.7. The number of ether oxygens (including phenoxy) is 1. The number of aliphatic carboxylic acids is 1. The lowest BCUT2D eigenvalue weighted by Gasteiger charge is -2.12. The summed E-state index contributed by atoms with van der Waals surface area (Å²) in [5.74, 6) is -0.332. The molecule has 0 heterocycles. The standard InChI is InChI=1S/C13H19NO5.C3H8.C2H5NO/c1-14-12(13(17)18)6-9-2-4-11(5-3-9)19-8-10(16)7-15;1-3-2;3-1-2-4/h2-5,10,12,14-16H,6-8H2,1H3,(H,17,18);3H2,1-2H3;2H,1,3H2/t10?,12-;;/m0../s1. The predicted molar refractivity (Wildman–Crippen MR) is 100 cm³/mol. The van der Waals surface area contributed by atoms with E-state index in [-0.39, 0.29) is 19.8 Å². The second kappa shape index (κ2) is 17.8. The molecule has 6 N–H and O–H groups in total. The fraction of sp³-hybridized carbons (Fsp3) is 0.556. The molecule has 0 saturated carbocycles. The Labute approximate surface area is 155 Å². The van der Waals surface area contributed by atoms with Crippen molar-refractivity contribution in [2.24, 2.45) is 5.73 Å². The molecule has 1 unspecified atom stereocenters. The first-order valence-electron chi connectivity index (χ1n) is 8.44. The van der Waals surface area contributed by atoms with Gasteiger partial charge in [-0.15, -0.1) is 0 Å². The molecule has 26 heavy (non-hydrogen) atoms. The van der Waals surface area contributed by atoms with Gasteiger partial charge in [0, 0.05) is 6.54 Å². The Balaban J connectivity index is 0. The highest BCUT2D eigenvalue weighted by Gasteiger charge is 2.15. The van der Waals surface area contributed by atoms with Gasteiger partial charge in [0.1, 0.15) is 30.8 Å². The number of nitrogens with one attached hydrogen (secondary N) is 1. The summed E-state index contributed by atoms with van der Waals surface area (Å²) < 4.78 is 5.25. The van der Waals surface area contributed by atoms with E-state index in [1.807, 2.05) is 0 Å². The summed E-state index contributed by atoms with van der Waals surface area (Å²) in [4.78, 5) is 19.9. The van der Waals surface area contributed by atoms with Crippen molar-refractivity contribution in [2.75, 3.05) is 26.8 Å². The first-order valence-corrected chi connectivity index (χ1v) is 8.44. The molecule has 0 fully saturated rings. The second-order valence-corrected chi connectivity index (χ2v) is 5.28. The van der Waals surface area contributed by atoms with Crippen LogP contribution < -0.4 is 15.8 Å². The van der Waals surface area contributed by atoms with Gasteiger partial charge >= 0.3 is 5.97 Å². The number of hydrogen-bond acceptors (Lipinski definition) is 7. The molecule has 1 aromatic rings. The normalized spacial score (nSPS) is 11.8. The van der Waals surface area contributed by atoms with Gasteiger partial charge < -0.3 is 35.9 Å². The number of hydrogen-bond donors (Lipinski definition) is 5. The first kappa shape index (κ1) is 26.2. The molecule has 8 nitrogen and oxygen atoms in total. The molecule has 0 spiro atoms. The third-order valence-corrected chi connectivity index (χ3v) is 2.76. The molecule has 0 aliphatic heterocycles. The number of rotatable bonds is 9. The summed E-state index contributed by atoms with van der Waals surface area (Å²) in [6, 6.07) is 6.33. The van der Waals surface area contributed by atoms with Crippen molar-refractivity contribution >= 4 is 12.3 Å². The van der Waals surface area contributed by atoms with Crippen LogP contribution in [0.2, 0.25) is 0 Å². The van der Waals surface area contributed by atoms with Gasteiger partial charge in [0.25, 0.3) is 0 Å². The molecular formula is C18H32N2O6. The van der Waals surface area contributed by atoms with Crippen molar-refractivity contribution in [3.8, 4) is 5.75 Å². The van der Waals surface area contributed by atoms with Gasteiger partial charge in [-0.1, -0.05) is 32.4 Å². The van der Waals surface area contributed by atoms with E-state index in [4.69, 9.17) is 24.9 Å². The van der Waals surface area contributed by atoms with Gasteiger partial charge in [0.05, 0.1) is 6.61 Å². The minimum atomic E-state index is -0.902. The molecule has 150 valence electrons. The van der Waals surface area contributed by atoms with Gasteiger partial charge in [-0.3, -0.25) is 4.79 Å². The molecule has 0 aliphatic rings. The number of likely N-dealkylation sites (N-methyl/N-ethyl adjacent to an activating group) is 1. The number of aliphatic hydroxyl groups excluding tert-OH is 2. The Morgan fingerprint density at radius 1 is 1.31 bits per heavy atom. The number of carboxylic acid groups (broad SMARTS) is 1. The summed E-state index contributed by atoms with van der Waals surface area (Å²) in [7, 11) is 1.60. The fourth-order valence-electron chi connectivity index (χ4n) is 1.52. The van der Waals surface area contributed by atoms with Crippen LogP contribution in [0.4, 0.5) is 0 Å². The van der Waals surface area contributed by atoms with E-state index in [2.05, 4.69) is 24.9 Å². The lowest BCUT2D eigenvalue weighted by molar-refractivity contribution is -0.139. The van der Waals surface area contributed by atoms with E-state index in [0.29, 0.717) is 18.5 Å². The van der Waals surface area contributed by atoms with Crippen LogP contribution in [0.5, 0.6) is 5.75 Å². The zero-order valence-corrected chi connectivity index (χ0v) is 15.7. The van der Waals surface area contributed by atoms with Crippen LogP contribution in [-0.4, -0.2) is 66.5 Å². The van der Waals surface area contributed by atoms with E-state index < -0.39 is 18.1 Å². The van der Waals surface area contributed by atoms with E-state index >= 15 is 0 Å². The highest BCUT2D eigenvalue weighted by molar-refractivity contribution is 5.73. The van der Waals surface area contributed by atoms with Gasteiger partial charge in [0.15, 0.2) is 0 Å². The Morgan fingerprint density at radius 3 is 2.15 bits per heavy atom. The van der Waals surface area contributed by atoms with Crippen LogP contribution in [-0.2, 0) is 16.0 Å². The van der Waals surface area contributed by atoms with Gasteiger partial charge in [0.2, 0.25) is 0 Å². The molecule has 0 bridgehead atoms. The Morgan fingerprint density at radius 2 is 1.81 bits per heavy atom. The van der Waals surface area contributed by atoms with Crippen molar-refractivity contribution in [3.05, 3.63) is 29.8 Å². The largest absolute Gasteiger partial charge is 0.491 e. The van der Waals surface area contributed by atoms with Crippen molar-refractivity contribution in [2.45, 2.75) is 38.8 Å². The summed E-state index contributed by atoms with van der Waals surface area (Å²) in [5.41, 5.74) is 5.53. The van der Waals surface area contributed by atoms with Crippen molar-refractivity contribution in [1.82, 2.24) is 5.32 Å². The van der Waals surface area contributed by atoms with Crippen LogP contribution >= 0.6 is 0 Å². The fourth-order valence-corrected chi connectivity index (χ4v) is 1.52. The quantitative estimate of drug-likeness (QED) is 0.387. The maximum atomic E-state index is 10.9. The number of benzene rings is 1. The SMILES string of the molecule is CCC.CN[C@@H](Cc1ccc(OCC(O)CO)cc1)C(=O)O.NCC=O. The summed E-state index contributed by atoms with van der Waals surface area (Å²) in [5, 5.41) is 29.4. The zero-order chi connectivity index (χ0) is 20.4. The monoisotopic (exact) mass is 372 g/mol. The molecule has 1 rings (SSSR count). The molecule has 0 amide bonds. The third-order valence-electron chi connectivity index (χ3n) is 2.76. The molecule has 2 atom stereocenters. The summed E-state index contributed by atoms with van der Waals surface area (Å²) in [6.07, 6.45) is 1.38. The molecule has 0 aromatic heterocycles. The molecule has 0 radical (unpaired) electrons. The Kier molecular flexibility index (Phi) is 18.0. The topological polar surface area (TPSA) is 142 Å². The second-order valence-electron chi connectivity index (χ2n) is 5.28. The Bertz CT molecular complexity index is 467. The van der Waals surface area contributed by atoms with Gasteiger partial charge in [-0.25, -0.2) is 0 Å². The van der Waals surface area contributed by atoms with Crippen molar-refractivity contribution < 1.29 is 29.6 Å². The highest BCUT2D eigenvalue weighted by Crippen LogP contribution is 2.13. The number of carbonyl (C=O) groups excluding carboxylic acids is 1. The number of nitrogens with two attached hydrogens (primary N) is 1. The van der Waals surface area contributed by atoms with Crippen LogP contribution in [0, 0.1) is 0 Å². The summed E-state index contributed by atoms with van der Waals surface area (Å²) >= 11 is 0. The predicted octanol–water partition coefficient (Wildman–Crippen LogP) is 0.194. The molecule has 0 aliphatic carbocycles. The maximum Gasteiger partial charge on any atom is 0.321 e. The van der Waals surface area contributed by atoms with E-state index in [1.165, 1.54) is 6.42 Å². The van der Waals surface area contributed by atoms with Crippen molar-refractivity contribution in [1.29, 1.82) is 0 Å². The maximum absolute atomic E-state index is 10.9. The van der Waals surface area contributed by atoms with E-state index in [0.717, 1.165) is 5.56 Å². The minimum absolute atomic E-state index is 0.0180. The van der Waals surface area contributed by atoms with Crippen LogP contribution in [0.1, 0.15) is 25.8 Å². The minimum Gasteiger partial charge on any atom is -0.491 e. The average molecular weight is 372 g/mol. The number of carboxylic acids is 1. The smallest absolute Gasteiger partial charge is 0.321 e. The van der Waals surface area contributed by atoms with E-state index in [1.54, 1.807) is 31.3 Å². The van der Waals surface area contributed by atoms with Crippen molar-refractivity contribution in [3.63, 3.8) is 0 Å². The Hall–Kier alpha value is -2.00. The van der Waals surface area contributed by atoms with Gasteiger partial charge in [-0.2, -0.15) is 0 Å².